The van der Waals surface area contributed by atoms with Gasteiger partial charge in [0.25, 0.3) is 0 Å². The van der Waals surface area contributed by atoms with Crippen LogP contribution in [-0.4, -0.2) is 87.4 Å². The van der Waals surface area contributed by atoms with Crippen LogP contribution in [0.1, 0.15) is 48.9 Å². The number of methoxy groups -OCH3 is 1. The van der Waals surface area contributed by atoms with Gasteiger partial charge in [-0.2, -0.15) is 0 Å². The average Bonchev–Trinajstić information content (AvgIpc) is 2.93. The molecule has 2 aromatic rings. The maximum Gasteiger partial charge on any atom is 0.340 e. The normalized spacial score (nSPS) is 22.9. The summed E-state index contributed by atoms with van der Waals surface area (Å²) in [4.78, 5) is 28.1. The minimum absolute atomic E-state index is 0.0631. The van der Waals surface area contributed by atoms with E-state index in [-0.39, 0.29) is 11.6 Å². The summed E-state index contributed by atoms with van der Waals surface area (Å²) in [6.45, 7) is 4.32. The molecule has 39 heavy (non-hydrogen) atoms. The molecule has 212 valence electrons. The number of aromatic nitrogens is 2. The topological polar surface area (TPSA) is 108 Å². The number of piperidine rings is 1. The first kappa shape index (κ1) is 27.7. The van der Waals surface area contributed by atoms with Gasteiger partial charge in [-0.25, -0.2) is 32.3 Å². The smallest absolute Gasteiger partial charge is 0.340 e. The Balaban J connectivity index is 1.21. The number of fused-ring (bicyclic) bond motifs is 1. The number of esters is 1. The van der Waals surface area contributed by atoms with E-state index in [1.165, 1.54) is 25.5 Å². The molecule has 0 bridgehead atoms. The molecule has 0 spiro atoms. The molecule has 3 heterocycles. The number of carbonyl (C=O) groups is 1. The number of halogens is 1. The Kier molecular flexibility index (Phi) is 8.34. The van der Waals surface area contributed by atoms with Gasteiger partial charge < -0.3 is 19.4 Å². The summed E-state index contributed by atoms with van der Waals surface area (Å²) in [5.41, 5.74) is 1.54. The van der Waals surface area contributed by atoms with Gasteiger partial charge in [0.15, 0.2) is 5.82 Å². The van der Waals surface area contributed by atoms with Crippen LogP contribution in [0.15, 0.2) is 30.7 Å². The highest BCUT2D eigenvalue weighted by Gasteiger charge is 2.33. The van der Waals surface area contributed by atoms with Crippen molar-refractivity contribution in [2.24, 2.45) is 5.92 Å². The summed E-state index contributed by atoms with van der Waals surface area (Å²) in [5, 5.41) is 0. The average molecular weight is 561 g/mol. The minimum atomic E-state index is -3.15. The van der Waals surface area contributed by atoms with Crippen molar-refractivity contribution in [1.82, 2.24) is 19.6 Å². The monoisotopic (exact) mass is 560 g/mol. The van der Waals surface area contributed by atoms with Crippen LogP contribution in [0.5, 0.6) is 0 Å². The molecule has 12 heteroatoms. The van der Waals surface area contributed by atoms with Crippen LogP contribution in [0.4, 0.5) is 21.6 Å². The van der Waals surface area contributed by atoms with Gasteiger partial charge in [0, 0.05) is 31.7 Å². The largest absolute Gasteiger partial charge is 0.465 e. The van der Waals surface area contributed by atoms with Gasteiger partial charge >= 0.3 is 5.97 Å². The number of hydrogen-bond donors (Lipinski definition) is 1. The van der Waals surface area contributed by atoms with Crippen LogP contribution in [-0.2, 0) is 14.8 Å². The number of ether oxygens (including phenoxy) is 1. The number of benzene rings is 1. The molecule has 3 aliphatic rings. The number of rotatable bonds is 7. The second-order valence-corrected chi connectivity index (χ2v) is 12.6. The Bertz CT molecular complexity index is 1280. The number of carbonyl (C=O) groups excluding carboxylic acids is 1. The van der Waals surface area contributed by atoms with E-state index in [9.17, 15) is 17.6 Å². The van der Waals surface area contributed by atoms with Crippen LogP contribution in [0.2, 0.25) is 0 Å². The van der Waals surface area contributed by atoms with Gasteiger partial charge in [-0.1, -0.05) is 0 Å². The van der Waals surface area contributed by atoms with Gasteiger partial charge in [-0.3, -0.25) is 0 Å². The molecule has 2 fully saturated rings. The molecular weight excluding hydrogens is 523 g/mol. The van der Waals surface area contributed by atoms with E-state index < -0.39 is 21.8 Å². The number of sulfonamides is 1. The molecule has 1 aromatic heterocycles. The molecule has 0 atom stereocenters. The molecule has 2 aliphatic heterocycles. The van der Waals surface area contributed by atoms with Crippen molar-refractivity contribution in [3.8, 4) is 0 Å². The van der Waals surface area contributed by atoms with Crippen molar-refractivity contribution >= 4 is 33.2 Å². The first-order chi connectivity index (χ1) is 18.7. The van der Waals surface area contributed by atoms with E-state index in [1.54, 1.807) is 18.6 Å². The van der Waals surface area contributed by atoms with Gasteiger partial charge in [-0.15, -0.1) is 0 Å². The van der Waals surface area contributed by atoms with E-state index in [0.717, 1.165) is 76.2 Å². The zero-order valence-electron chi connectivity index (χ0n) is 22.6. The third-order valence-corrected chi connectivity index (χ3v) is 8.99. The van der Waals surface area contributed by atoms with E-state index in [1.807, 2.05) is 4.90 Å². The number of likely N-dealkylation sites (tertiary alicyclic amines) is 1. The van der Waals surface area contributed by atoms with Crippen molar-refractivity contribution in [2.75, 3.05) is 55.9 Å². The van der Waals surface area contributed by atoms with E-state index in [2.05, 4.69) is 24.5 Å². The summed E-state index contributed by atoms with van der Waals surface area (Å²) < 4.78 is 44.7. The Morgan fingerprint density at radius 1 is 1.08 bits per heavy atom. The van der Waals surface area contributed by atoms with Crippen LogP contribution in [0.3, 0.4) is 0 Å². The second kappa shape index (κ2) is 11.7. The maximum absolute atomic E-state index is 14.0. The summed E-state index contributed by atoms with van der Waals surface area (Å²) in [7, 11) is -1.86. The molecule has 0 amide bonds. The van der Waals surface area contributed by atoms with Crippen molar-refractivity contribution in [2.45, 2.75) is 50.6 Å². The van der Waals surface area contributed by atoms with Gasteiger partial charge in [0.1, 0.15) is 17.8 Å². The predicted octanol–water partition coefficient (Wildman–Crippen LogP) is 2.93. The maximum atomic E-state index is 14.0. The first-order valence-electron chi connectivity index (χ1n) is 13.6. The Morgan fingerprint density at radius 2 is 1.82 bits per heavy atom. The summed E-state index contributed by atoms with van der Waals surface area (Å²) in [5.74, 6) is 0.273. The van der Waals surface area contributed by atoms with Gasteiger partial charge in [0.2, 0.25) is 10.0 Å². The van der Waals surface area contributed by atoms with E-state index in [4.69, 9.17) is 4.74 Å². The third-order valence-electron chi connectivity index (χ3n) is 8.23. The molecule has 1 N–H and O–H groups in total. The number of hydrogen-bond acceptors (Lipinski definition) is 9. The third kappa shape index (κ3) is 6.50. The lowest BCUT2D eigenvalue weighted by atomic mass is 9.88. The minimum Gasteiger partial charge on any atom is -0.465 e. The molecule has 0 unspecified atom stereocenters. The molecule has 1 aliphatic carbocycles. The fourth-order valence-electron chi connectivity index (χ4n) is 6.32. The quantitative estimate of drug-likeness (QED) is 0.512. The molecule has 1 aromatic carbocycles. The van der Waals surface area contributed by atoms with Gasteiger partial charge in [-0.05, 0) is 75.7 Å². The highest BCUT2D eigenvalue weighted by Crippen LogP contribution is 2.38. The van der Waals surface area contributed by atoms with Crippen LogP contribution in [0, 0.1) is 11.7 Å². The lowest BCUT2D eigenvalue weighted by molar-refractivity contribution is 0.0601. The molecule has 1 saturated heterocycles. The summed E-state index contributed by atoms with van der Waals surface area (Å²) in [6.07, 6.45) is 10.6. The Hall–Kier alpha value is -2.83. The standard InChI is InChI=1S/C27H37FN6O4S/c1-38-27(35)23-15-20(28)3-8-24(23)34-14-13-33(26-25(34)16-29-18-30-26)17-19-9-11-32(12-10-19)22-6-4-21(5-7-22)31-39(2,36)37/h3,8,15-16,18-19,21-22,31H,4-7,9-14,17H2,1-2H3. The molecule has 10 nitrogen and oxygen atoms in total. The van der Waals surface area contributed by atoms with Crippen molar-refractivity contribution in [1.29, 1.82) is 0 Å². The Morgan fingerprint density at radius 3 is 2.51 bits per heavy atom. The summed E-state index contributed by atoms with van der Waals surface area (Å²) >= 11 is 0. The zero-order valence-corrected chi connectivity index (χ0v) is 23.4. The molecule has 1 saturated carbocycles. The fourth-order valence-corrected chi connectivity index (χ4v) is 7.16. The van der Waals surface area contributed by atoms with Crippen LogP contribution in [0.25, 0.3) is 0 Å². The van der Waals surface area contributed by atoms with Gasteiger partial charge in [0.05, 0.1) is 30.8 Å². The fraction of sp³-hybridized carbons (Fsp3) is 0.593. The predicted molar refractivity (Wildman–Crippen MR) is 147 cm³/mol. The lowest BCUT2D eigenvalue weighted by Crippen LogP contribution is -2.48. The molecule has 5 rings (SSSR count). The number of anilines is 3. The molecule has 0 radical (unpaired) electrons. The highest BCUT2D eigenvalue weighted by atomic mass is 32.2. The molecular formula is C27H37FN6O4S. The lowest BCUT2D eigenvalue weighted by Gasteiger charge is -2.43. The zero-order chi connectivity index (χ0) is 27.6. The Labute approximate surface area is 229 Å². The number of nitrogens with zero attached hydrogens (tertiary/aromatic N) is 5. The van der Waals surface area contributed by atoms with Crippen LogP contribution >= 0.6 is 0 Å². The van der Waals surface area contributed by atoms with E-state index >= 15 is 0 Å². The first-order valence-corrected chi connectivity index (χ1v) is 15.5. The van der Waals surface area contributed by atoms with E-state index in [0.29, 0.717) is 24.2 Å². The SMILES string of the molecule is COC(=O)c1cc(F)ccc1N1CCN(CC2CCN(C3CCC(NS(C)(=O)=O)CC3)CC2)c2ncncc21. The van der Waals surface area contributed by atoms with Crippen molar-refractivity contribution in [3.05, 3.63) is 42.1 Å². The number of nitrogens with one attached hydrogen (secondary N) is 1. The summed E-state index contributed by atoms with van der Waals surface area (Å²) in [6, 6.07) is 4.75. The van der Waals surface area contributed by atoms with Crippen LogP contribution < -0.4 is 14.5 Å². The van der Waals surface area contributed by atoms with Crippen molar-refractivity contribution < 1.29 is 22.3 Å². The highest BCUT2D eigenvalue weighted by molar-refractivity contribution is 7.88. The second-order valence-electron chi connectivity index (χ2n) is 10.9. The van der Waals surface area contributed by atoms with Crippen molar-refractivity contribution in [3.63, 3.8) is 0 Å².